The number of carbonyl (C=O) groups is 1. The van der Waals surface area contributed by atoms with Crippen LogP contribution in [0.15, 0.2) is 12.1 Å². The van der Waals surface area contributed by atoms with Crippen LogP contribution in [0.1, 0.15) is 25.5 Å². The highest BCUT2D eigenvalue weighted by molar-refractivity contribution is 6.32. The van der Waals surface area contributed by atoms with Gasteiger partial charge in [-0.05, 0) is 17.7 Å². The lowest BCUT2D eigenvalue weighted by molar-refractivity contribution is -0.146. The van der Waals surface area contributed by atoms with Crippen LogP contribution in [-0.4, -0.2) is 29.4 Å². The third-order valence-corrected chi connectivity index (χ3v) is 3.09. The summed E-state index contributed by atoms with van der Waals surface area (Å²) in [6.45, 7) is 4.84. The van der Waals surface area contributed by atoms with E-state index in [1.807, 2.05) is 13.8 Å². The van der Waals surface area contributed by atoms with Gasteiger partial charge in [-0.3, -0.25) is 0 Å². The Bertz CT molecular complexity index is 512. The Hall–Kier alpha value is -1.46. The molecule has 0 amide bonds. The Morgan fingerprint density at radius 1 is 1.37 bits per heavy atom. The molecule has 1 aromatic rings. The summed E-state index contributed by atoms with van der Waals surface area (Å²) >= 11 is 6.05. The summed E-state index contributed by atoms with van der Waals surface area (Å²) in [6.07, 6.45) is -1.64. The molecule has 1 aromatic carbocycles. The van der Waals surface area contributed by atoms with Gasteiger partial charge in [-0.2, -0.15) is 0 Å². The molecule has 0 spiro atoms. The number of carboxylic acid groups (broad SMARTS) is 1. The van der Waals surface area contributed by atoms with Crippen molar-refractivity contribution in [2.45, 2.75) is 20.0 Å². The molecule has 1 aliphatic rings. The van der Waals surface area contributed by atoms with Crippen molar-refractivity contribution in [3.8, 4) is 11.5 Å². The van der Waals surface area contributed by atoms with E-state index in [0.29, 0.717) is 24.7 Å². The highest BCUT2D eigenvalue weighted by Crippen LogP contribution is 2.41. The molecule has 2 N–H and O–H groups in total. The fraction of sp³-hybridized carbons (Fsp3) is 0.462. The molecule has 0 saturated carbocycles. The predicted octanol–water partition coefficient (Wildman–Crippen LogP) is 2.26. The van der Waals surface area contributed by atoms with Gasteiger partial charge in [0.2, 0.25) is 0 Å². The van der Waals surface area contributed by atoms with Crippen LogP contribution in [0.5, 0.6) is 11.5 Å². The first-order valence-corrected chi connectivity index (χ1v) is 6.18. The van der Waals surface area contributed by atoms with Crippen molar-refractivity contribution in [3.05, 3.63) is 22.7 Å². The molecule has 0 radical (unpaired) electrons. The first-order valence-electron chi connectivity index (χ1n) is 5.80. The summed E-state index contributed by atoms with van der Waals surface area (Å²) in [4.78, 5) is 10.8. The standard InChI is InChI=1S/C13H15ClO5/c1-13(2)5-18-9-4-7(10(15)12(16)17)3-8(14)11(9)19-6-13/h3-4,10,15H,5-6H2,1-2H3,(H,16,17). The second-order valence-electron chi connectivity index (χ2n) is 5.31. The molecule has 0 saturated heterocycles. The number of aliphatic carboxylic acids is 1. The van der Waals surface area contributed by atoms with Gasteiger partial charge in [0.05, 0.1) is 18.2 Å². The van der Waals surface area contributed by atoms with Crippen molar-refractivity contribution in [1.29, 1.82) is 0 Å². The van der Waals surface area contributed by atoms with Gasteiger partial charge in [-0.25, -0.2) is 4.79 Å². The van der Waals surface area contributed by atoms with E-state index < -0.39 is 12.1 Å². The lowest BCUT2D eigenvalue weighted by Crippen LogP contribution is -2.26. The quantitative estimate of drug-likeness (QED) is 0.872. The van der Waals surface area contributed by atoms with Crippen LogP contribution in [0.4, 0.5) is 0 Å². The smallest absolute Gasteiger partial charge is 0.337 e. The largest absolute Gasteiger partial charge is 0.489 e. The average molecular weight is 287 g/mol. The maximum atomic E-state index is 10.8. The normalized spacial score (nSPS) is 18.5. The summed E-state index contributed by atoms with van der Waals surface area (Å²) in [7, 11) is 0. The Morgan fingerprint density at radius 2 is 2.00 bits per heavy atom. The van der Waals surface area contributed by atoms with Gasteiger partial charge in [0, 0.05) is 5.41 Å². The molecule has 0 aromatic heterocycles. The number of aliphatic hydroxyl groups is 1. The molecule has 1 heterocycles. The van der Waals surface area contributed by atoms with Crippen LogP contribution in [0, 0.1) is 5.41 Å². The third-order valence-electron chi connectivity index (χ3n) is 2.81. The molecule has 19 heavy (non-hydrogen) atoms. The van der Waals surface area contributed by atoms with Crippen LogP contribution in [-0.2, 0) is 4.79 Å². The van der Waals surface area contributed by atoms with Crippen LogP contribution in [0.25, 0.3) is 0 Å². The van der Waals surface area contributed by atoms with Gasteiger partial charge in [-0.1, -0.05) is 25.4 Å². The first-order chi connectivity index (χ1) is 8.80. The molecule has 0 aliphatic carbocycles. The molecule has 0 fully saturated rings. The van der Waals surface area contributed by atoms with Crippen molar-refractivity contribution < 1.29 is 24.5 Å². The summed E-state index contributed by atoms with van der Waals surface area (Å²) < 4.78 is 11.2. The van der Waals surface area contributed by atoms with Crippen molar-refractivity contribution in [3.63, 3.8) is 0 Å². The molecule has 5 nitrogen and oxygen atoms in total. The number of halogens is 1. The molecule has 0 bridgehead atoms. The van der Waals surface area contributed by atoms with Crippen molar-refractivity contribution in [1.82, 2.24) is 0 Å². The number of ether oxygens (including phenoxy) is 2. The minimum absolute atomic E-state index is 0.166. The molecular weight excluding hydrogens is 272 g/mol. The monoisotopic (exact) mass is 286 g/mol. The first kappa shape index (κ1) is 14.0. The minimum atomic E-state index is -1.64. The average Bonchev–Trinajstić information content (AvgIpc) is 2.48. The van der Waals surface area contributed by atoms with Crippen LogP contribution in [0.2, 0.25) is 5.02 Å². The molecule has 1 unspecified atom stereocenters. The summed E-state index contributed by atoms with van der Waals surface area (Å²) in [5.41, 5.74) is -0.00644. The van der Waals surface area contributed by atoms with Gasteiger partial charge in [0.1, 0.15) is 0 Å². The fourth-order valence-corrected chi connectivity index (χ4v) is 1.99. The van der Waals surface area contributed by atoms with E-state index in [1.165, 1.54) is 12.1 Å². The number of hydrogen-bond acceptors (Lipinski definition) is 4. The van der Waals surface area contributed by atoms with Gasteiger partial charge < -0.3 is 19.7 Å². The summed E-state index contributed by atoms with van der Waals surface area (Å²) in [6, 6.07) is 2.82. The van der Waals surface area contributed by atoms with E-state index in [2.05, 4.69) is 0 Å². The van der Waals surface area contributed by atoms with Gasteiger partial charge in [0.15, 0.2) is 17.6 Å². The number of carboxylic acids is 1. The third kappa shape index (κ3) is 2.93. The summed E-state index contributed by atoms with van der Waals surface area (Å²) in [5, 5.41) is 18.6. The SMILES string of the molecule is CC1(C)COc2cc(C(O)C(=O)O)cc(Cl)c2OC1. The van der Waals surface area contributed by atoms with E-state index >= 15 is 0 Å². The van der Waals surface area contributed by atoms with E-state index in [4.69, 9.17) is 26.2 Å². The van der Waals surface area contributed by atoms with Crippen molar-refractivity contribution >= 4 is 17.6 Å². The molecule has 104 valence electrons. The zero-order valence-corrected chi connectivity index (χ0v) is 11.4. The highest BCUT2D eigenvalue weighted by Gasteiger charge is 2.28. The van der Waals surface area contributed by atoms with Gasteiger partial charge in [-0.15, -0.1) is 0 Å². The van der Waals surface area contributed by atoms with Crippen LogP contribution >= 0.6 is 11.6 Å². The number of rotatable bonds is 2. The number of benzene rings is 1. The topological polar surface area (TPSA) is 76.0 Å². The minimum Gasteiger partial charge on any atom is -0.489 e. The van der Waals surface area contributed by atoms with Crippen molar-refractivity contribution in [2.24, 2.45) is 5.41 Å². The molecule has 6 heteroatoms. The maximum Gasteiger partial charge on any atom is 0.337 e. The predicted molar refractivity (Wildman–Crippen MR) is 68.8 cm³/mol. The maximum absolute atomic E-state index is 10.8. The number of hydrogen-bond donors (Lipinski definition) is 2. The fourth-order valence-electron chi connectivity index (χ4n) is 1.72. The Morgan fingerprint density at radius 3 is 2.63 bits per heavy atom. The molecule has 2 rings (SSSR count). The van der Waals surface area contributed by atoms with E-state index in [1.54, 1.807) is 0 Å². The van der Waals surface area contributed by atoms with E-state index in [0.717, 1.165) is 0 Å². The lowest BCUT2D eigenvalue weighted by atomic mass is 9.97. The Kier molecular flexibility index (Phi) is 3.60. The summed E-state index contributed by atoms with van der Waals surface area (Å²) in [5.74, 6) is -0.604. The van der Waals surface area contributed by atoms with Gasteiger partial charge >= 0.3 is 5.97 Å². The molecular formula is C13H15ClO5. The zero-order valence-electron chi connectivity index (χ0n) is 10.6. The Labute approximate surface area is 115 Å². The second kappa shape index (κ2) is 4.90. The van der Waals surface area contributed by atoms with Crippen LogP contribution < -0.4 is 9.47 Å². The van der Waals surface area contributed by atoms with Crippen LogP contribution in [0.3, 0.4) is 0 Å². The van der Waals surface area contributed by atoms with E-state index in [-0.39, 0.29) is 16.0 Å². The van der Waals surface area contributed by atoms with E-state index in [9.17, 15) is 9.90 Å². The number of fused-ring (bicyclic) bond motifs is 1. The second-order valence-corrected chi connectivity index (χ2v) is 5.72. The highest BCUT2D eigenvalue weighted by atomic mass is 35.5. The molecule has 1 atom stereocenters. The number of aliphatic hydroxyl groups excluding tert-OH is 1. The van der Waals surface area contributed by atoms with Gasteiger partial charge in [0.25, 0.3) is 0 Å². The molecule has 1 aliphatic heterocycles. The zero-order chi connectivity index (χ0) is 14.2. The Balaban J connectivity index is 2.39. The lowest BCUT2D eigenvalue weighted by Gasteiger charge is -2.19. The van der Waals surface area contributed by atoms with Crippen molar-refractivity contribution in [2.75, 3.05) is 13.2 Å².